The predicted octanol–water partition coefficient (Wildman–Crippen LogP) is 2.25. The first-order chi connectivity index (χ1) is 9.79. The Balaban J connectivity index is 2.57. The van der Waals surface area contributed by atoms with Crippen LogP contribution in [0.4, 0.5) is 0 Å². The van der Waals surface area contributed by atoms with E-state index in [2.05, 4.69) is 0 Å². The van der Waals surface area contributed by atoms with E-state index in [1.807, 2.05) is 30.7 Å². The van der Waals surface area contributed by atoms with Gasteiger partial charge >= 0.3 is 0 Å². The summed E-state index contributed by atoms with van der Waals surface area (Å²) in [6, 6.07) is 9.59. The third kappa shape index (κ3) is 2.12. The first-order valence-electron chi connectivity index (χ1n) is 6.29. The standard InChI is InChI=1S/C15H13NO4S/c1-9-3-5-13-11(7-9)15(17)12-8-10(21(18,19)20)4-6-14(12)16(13)2/h3-8H,1-2H3,(H,18,19,20). The second-order valence-electron chi connectivity index (χ2n) is 5.06. The molecule has 0 aliphatic carbocycles. The second-order valence-corrected chi connectivity index (χ2v) is 6.48. The van der Waals surface area contributed by atoms with Crippen molar-refractivity contribution in [2.24, 2.45) is 7.05 Å². The second kappa shape index (κ2) is 4.41. The summed E-state index contributed by atoms with van der Waals surface area (Å²) < 4.78 is 33.4. The number of aromatic nitrogens is 1. The van der Waals surface area contributed by atoms with E-state index >= 15 is 0 Å². The van der Waals surface area contributed by atoms with Crippen LogP contribution in [0.1, 0.15) is 5.56 Å². The number of hydrogen-bond acceptors (Lipinski definition) is 3. The summed E-state index contributed by atoms with van der Waals surface area (Å²) in [4.78, 5) is 12.3. The van der Waals surface area contributed by atoms with Gasteiger partial charge in [-0.1, -0.05) is 11.6 Å². The fourth-order valence-electron chi connectivity index (χ4n) is 2.55. The van der Waals surface area contributed by atoms with Gasteiger partial charge in [-0.25, -0.2) is 0 Å². The molecule has 21 heavy (non-hydrogen) atoms. The molecule has 2 aromatic carbocycles. The minimum absolute atomic E-state index is 0.243. The van der Waals surface area contributed by atoms with Crippen LogP contribution >= 0.6 is 0 Å². The van der Waals surface area contributed by atoms with E-state index in [1.165, 1.54) is 18.2 Å². The molecule has 1 heterocycles. The third-order valence-electron chi connectivity index (χ3n) is 3.63. The highest BCUT2D eigenvalue weighted by Crippen LogP contribution is 2.21. The highest BCUT2D eigenvalue weighted by atomic mass is 32.2. The van der Waals surface area contributed by atoms with E-state index in [0.29, 0.717) is 10.9 Å². The van der Waals surface area contributed by atoms with Crippen LogP contribution in [-0.4, -0.2) is 17.5 Å². The molecule has 6 heteroatoms. The lowest BCUT2D eigenvalue weighted by Gasteiger charge is -2.11. The quantitative estimate of drug-likeness (QED) is 0.552. The van der Waals surface area contributed by atoms with Gasteiger partial charge in [-0.2, -0.15) is 8.42 Å². The zero-order valence-electron chi connectivity index (χ0n) is 11.5. The molecule has 0 aliphatic rings. The van der Waals surface area contributed by atoms with Gasteiger partial charge in [-0.3, -0.25) is 9.35 Å². The topological polar surface area (TPSA) is 76.4 Å². The molecule has 3 aromatic rings. The molecule has 3 rings (SSSR count). The monoisotopic (exact) mass is 303 g/mol. The zero-order chi connectivity index (χ0) is 15.4. The maximum atomic E-state index is 12.6. The molecular weight excluding hydrogens is 290 g/mol. The van der Waals surface area contributed by atoms with Crippen molar-refractivity contribution in [1.82, 2.24) is 4.57 Å². The van der Waals surface area contributed by atoms with Gasteiger partial charge in [-0.05, 0) is 37.3 Å². The van der Waals surface area contributed by atoms with Gasteiger partial charge in [-0.15, -0.1) is 0 Å². The van der Waals surface area contributed by atoms with Crippen molar-refractivity contribution in [3.63, 3.8) is 0 Å². The van der Waals surface area contributed by atoms with Gasteiger partial charge in [0, 0.05) is 17.8 Å². The molecule has 0 unspecified atom stereocenters. The highest BCUT2D eigenvalue weighted by molar-refractivity contribution is 7.85. The summed E-state index contributed by atoms with van der Waals surface area (Å²) in [6.45, 7) is 1.89. The van der Waals surface area contributed by atoms with Crippen LogP contribution in [-0.2, 0) is 17.2 Å². The van der Waals surface area contributed by atoms with Gasteiger partial charge in [0.25, 0.3) is 10.1 Å². The maximum absolute atomic E-state index is 12.6. The minimum atomic E-state index is -4.33. The van der Waals surface area contributed by atoms with Crippen molar-refractivity contribution in [3.05, 3.63) is 52.2 Å². The summed E-state index contributed by atoms with van der Waals surface area (Å²) >= 11 is 0. The zero-order valence-corrected chi connectivity index (χ0v) is 12.3. The number of nitrogens with zero attached hydrogens (tertiary/aromatic N) is 1. The summed E-state index contributed by atoms with van der Waals surface area (Å²) in [6.07, 6.45) is 0. The average molecular weight is 303 g/mol. The SMILES string of the molecule is Cc1ccc2c(c1)c(=O)c1cc(S(=O)(=O)O)ccc1n2C. The predicted molar refractivity (Wildman–Crippen MR) is 81.2 cm³/mol. The molecule has 0 fully saturated rings. The van der Waals surface area contributed by atoms with Crippen molar-refractivity contribution in [1.29, 1.82) is 0 Å². The van der Waals surface area contributed by atoms with Crippen molar-refractivity contribution >= 4 is 31.9 Å². The largest absolute Gasteiger partial charge is 0.343 e. The fraction of sp³-hybridized carbons (Fsp3) is 0.133. The highest BCUT2D eigenvalue weighted by Gasteiger charge is 2.14. The Labute approximate surface area is 121 Å². The molecule has 0 spiro atoms. The fourth-order valence-corrected chi connectivity index (χ4v) is 3.06. The van der Waals surface area contributed by atoms with Crippen LogP contribution in [0.25, 0.3) is 21.8 Å². The smallest absolute Gasteiger partial charge is 0.294 e. The van der Waals surface area contributed by atoms with Gasteiger partial charge in [0.05, 0.1) is 15.9 Å². The van der Waals surface area contributed by atoms with Crippen molar-refractivity contribution in [2.75, 3.05) is 0 Å². The molecule has 0 saturated carbocycles. The third-order valence-corrected chi connectivity index (χ3v) is 4.48. The Morgan fingerprint density at radius 1 is 1.00 bits per heavy atom. The Morgan fingerprint density at radius 2 is 1.57 bits per heavy atom. The summed E-state index contributed by atoms with van der Waals surface area (Å²) in [5, 5.41) is 0.795. The number of fused-ring (bicyclic) bond motifs is 2. The Morgan fingerprint density at radius 3 is 2.19 bits per heavy atom. The molecular formula is C15H13NO4S. The summed E-state index contributed by atoms with van der Waals surface area (Å²) in [5.74, 6) is 0. The van der Waals surface area contributed by atoms with E-state index < -0.39 is 10.1 Å². The molecule has 108 valence electrons. The summed E-state index contributed by atoms with van der Waals surface area (Å²) in [5.41, 5.74) is 2.10. The van der Waals surface area contributed by atoms with Crippen molar-refractivity contribution < 1.29 is 13.0 Å². The first kappa shape index (κ1) is 13.8. The van der Waals surface area contributed by atoms with Crippen LogP contribution in [0.5, 0.6) is 0 Å². The van der Waals surface area contributed by atoms with Gasteiger partial charge in [0.1, 0.15) is 0 Å². The molecule has 0 aliphatic heterocycles. The van der Waals surface area contributed by atoms with E-state index in [-0.39, 0.29) is 15.7 Å². The normalized spacial score (nSPS) is 12.1. The Bertz CT molecular complexity index is 1050. The molecule has 0 amide bonds. The lowest BCUT2D eigenvalue weighted by molar-refractivity contribution is 0.483. The van der Waals surface area contributed by atoms with Gasteiger partial charge < -0.3 is 4.57 Å². The van der Waals surface area contributed by atoms with Gasteiger partial charge in [0.2, 0.25) is 0 Å². The number of hydrogen-bond donors (Lipinski definition) is 1. The molecule has 1 N–H and O–H groups in total. The van der Waals surface area contributed by atoms with Crippen LogP contribution in [0.2, 0.25) is 0 Å². The summed E-state index contributed by atoms with van der Waals surface area (Å²) in [7, 11) is -2.52. The molecule has 1 aromatic heterocycles. The van der Waals surface area contributed by atoms with Crippen LogP contribution in [0.3, 0.4) is 0 Å². The molecule has 5 nitrogen and oxygen atoms in total. The van der Waals surface area contributed by atoms with Crippen LogP contribution in [0.15, 0.2) is 46.1 Å². The van der Waals surface area contributed by atoms with Crippen LogP contribution in [0, 0.1) is 6.92 Å². The lowest BCUT2D eigenvalue weighted by atomic mass is 10.1. The number of aryl methyl sites for hydroxylation is 2. The van der Waals surface area contributed by atoms with Gasteiger partial charge in [0.15, 0.2) is 5.43 Å². The maximum Gasteiger partial charge on any atom is 0.294 e. The minimum Gasteiger partial charge on any atom is -0.343 e. The van der Waals surface area contributed by atoms with Crippen molar-refractivity contribution in [3.8, 4) is 0 Å². The number of benzene rings is 2. The molecule has 0 saturated heterocycles. The Hall–Kier alpha value is -2.18. The molecule has 0 atom stereocenters. The van der Waals surface area contributed by atoms with Crippen molar-refractivity contribution in [2.45, 2.75) is 11.8 Å². The number of pyridine rings is 1. The molecule has 0 bridgehead atoms. The van der Waals surface area contributed by atoms with E-state index in [9.17, 15) is 13.2 Å². The van der Waals surface area contributed by atoms with E-state index in [4.69, 9.17) is 4.55 Å². The number of rotatable bonds is 1. The van der Waals surface area contributed by atoms with E-state index in [1.54, 1.807) is 6.07 Å². The van der Waals surface area contributed by atoms with Crippen LogP contribution < -0.4 is 5.43 Å². The lowest BCUT2D eigenvalue weighted by Crippen LogP contribution is -2.10. The van der Waals surface area contributed by atoms with E-state index in [0.717, 1.165) is 11.1 Å². The Kier molecular flexibility index (Phi) is 2.89. The first-order valence-corrected chi connectivity index (χ1v) is 7.73. The molecule has 0 radical (unpaired) electrons. The average Bonchev–Trinajstić information content (AvgIpc) is 2.43.